The van der Waals surface area contributed by atoms with Crippen molar-refractivity contribution in [2.45, 2.75) is 25.9 Å². The fourth-order valence-corrected chi connectivity index (χ4v) is 4.57. The number of benzene rings is 2. The molecule has 0 radical (unpaired) electrons. The molecule has 0 aliphatic carbocycles. The number of pyridine rings is 1. The molecule has 2 aromatic carbocycles. The van der Waals surface area contributed by atoms with Crippen LogP contribution >= 0.6 is 0 Å². The molecule has 1 saturated heterocycles. The number of carbonyl (C=O) groups excluding carboxylic acids is 1. The molecular formula is C27H29N5O2. The Labute approximate surface area is 199 Å². The van der Waals surface area contributed by atoms with E-state index in [1.165, 1.54) is 5.56 Å². The second-order valence-electron chi connectivity index (χ2n) is 8.73. The van der Waals surface area contributed by atoms with Crippen LogP contribution in [0.15, 0.2) is 73.1 Å². The van der Waals surface area contributed by atoms with Crippen molar-refractivity contribution in [1.29, 1.82) is 0 Å². The summed E-state index contributed by atoms with van der Waals surface area (Å²) in [6, 6.07) is 20.1. The van der Waals surface area contributed by atoms with Gasteiger partial charge in [0.2, 0.25) is 5.91 Å². The number of rotatable bonds is 7. The van der Waals surface area contributed by atoms with Crippen molar-refractivity contribution in [2.24, 2.45) is 5.92 Å². The van der Waals surface area contributed by atoms with E-state index in [0.29, 0.717) is 0 Å². The lowest BCUT2D eigenvalue weighted by atomic mass is 9.96. The monoisotopic (exact) mass is 455 g/mol. The summed E-state index contributed by atoms with van der Waals surface area (Å²) in [5, 5.41) is 3.02. The normalized spacial score (nSPS) is 14.9. The van der Waals surface area contributed by atoms with Gasteiger partial charge in [-0.15, -0.1) is 0 Å². The van der Waals surface area contributed by atoms with Gasteiger partial charge in [0, 0.05) is 30.5 Å². The van der Waals surface area contributed by atoms with Gasteiger partial charge in [0.1, 0.15) is 11.6 Å². The van der Waals surface area contributed by atoms with Crippen molar-refractivity contribution in [3.8, 4) is 5.75 Å². The van der Waals surface area contributed by atoms with Crippen LogP contribution in [0.3, 0.4) is 0 Å². The molecule has 1 N–H and O–H groups in total. The second-order valence-corrected chi connectivity index (χ2v) is 8.73. The van der Waals surface area contributed by atoms with E-state index in [0.717, 1.165) is 67.3 Å². The van der Waals surface area contributed by atoms with Gasteiger partial charge in [-0.05, 0) is 67.9 Å². The van der Waals surface area contributed by atoms with Gasteiger partial charge in [0.15, 0.2) is 0 Å². The van der Waals surface area contributed by atoms with Crippen LogP contribution in [0.2, 0.25) is 0 Å². The van der Waals surface area contributed by atoms with Gasteiger partial charge in [0.25, 0.3) is 0 Å². The molecule has 3 heterocycles. The number of fused-ring (bicyclic) bond motifs is 1. The van der Waals surface area contributed by atoms with Gasteiger partial charge >= 0.3 is 0 Å². The molecule has 0 atom stereocenters. The molecule has 1 aliphatic rings. The summed E-state index contributed by atoms with van der Waals surface area (Å²) >= 11 is 0. The Kier molecular flexibility index (Phi) is 6.53. The van der Waals surface area contributed by atoms with Gasteiger partial charge in [-0.2, -0.15) is 0 Å². The van der Waals surface area contributed by atoms with Gasteiger partial charge < -0.3 is 14.6 Å². The predicted molar refractivity (Wildman–Crippen MR) is 133 cm³/mol. The van der Waals surface area contributed by atoms with Crippen LogP contribution in [0.4, 0.5) is 5.69 Å². The molecule has 0 bridgehead atoms. The third-order valence-electron chi connectivity index (χ3n) is 6.50. The maximum absolute atomic E-state index is 12.7. The average Bonchev–Trinajstić information content (AvgIpc) is 3.22. The summed E-state index contributed by atoms with van der Waals surface area (Å²) in [5.74, 6) is 2.03. The van der Waals surface area contributed by atoms with Crippen molar-refractivity contribution >= 4 is 22.6 Å². The summed E-state index contributed by atoms with van der Waals surface area (Å²) in [6.07, 6.45) is 5.07. The van der Waals surface area contributed by atoms with E-state index in [1.54, 1.807) is 19.5 Å². The van der Waals surface area contributed by atoms with Crippen LogP contribution in [0.1, 0.15) is 24.2 Å². The third kappa shape index (κ3) is 4.94. The third-order valence-corrected chi connectivity index (χ3v) is 6.50. The minimum atomic E-state index is 0.0301. The van der Waals surface area contributed by atoms with Crippen LogP contribution in [-0.4, -0.2) is 45.5 Å². The second kappa shape index (κ2) is 10.1. The molecule has 174 valence electrons. The molecule has 1 aliphatic heterocycles. The number of likely N-dealkylation sites (tertiary alicyclic amines) is 1. The van der Waals surface area contributed by atoms with E-state index in [9.17, 15) is 4.79 Å². The molecule has 34 heavy (non-hydrogen) atoms. The number of nitrogens with one attached hydrogen (secondary N) is 1. The number of ether oxygens (including phenoxy) is 1. The molecule has 7 nitrogen and oxygen atoms in total. The summed E-state index contributed by atoms with van der Waals surface area (Å²) in [5.41, 5.74) is 4.16. The van der Waals surface area contributed by atoms with E-state index < -0.39 is 0 Å². The zero-order valence-corrected chi connectivity index (χ0v) is 19.4. The minimum absolute atomic E-state index is 0.0301. The Hall–Kier alpha value is -3.71. The molecule has 1 amide bonds. The number of anilines is 1. The Morgan fingerprint density at radius 2 is 1.74 bits per heavy atom. The van der Waals surface area contributed by atoms with Crippen LogP contribution in [0, 0.1) is 5.92 Å². The molecule has 0 spiro atoms. The first-order valence-corrected chi connectivity index (χ1v) is 11.7. The van der Waals surface area contributed by atoms with Gasteiger partial charge in [0.05, 0.1) is 24.7 Å². The zero-order valence-electron chi connectivity index (χ0n) is 19.4. The summed E-state index contributed by atoms with van der Waals surface area (Å²) in [6.45, 7) is 3.27. The number of piperidine rings is 1. The molecule has 1 fully saturated rings. The Morgan fingerprint density at radius 3 is 2.47 bits per heavy atom. The molecule has 0 unspecified atom stereocenters. The number of para-hydroxylation sites is 2. The highest BCUT2D eigenvalue weighted by molar-refractivity contribution is 5.92. The molecular weight excluding hydrogens is 426 g/mol. The van der Waals surface area contributed by atoms with E-state index in [-0.39, 0.29) is 11.8 Å². The predicted octanol–water partition coefficient (Wildman–Crippen LogP) is 4.34. The smallest absolute Gasteiger partial charge is 0.227 e. The number of hydrogen-bond donors (Lipinski definition) is 1. The largest absolute Gasteiger partial charge is 0.497 e. The molecule has 0 saturated carbocycles. The maximum Gasteiger partial charge on any atom is 0.227 e. The van der Waals surface area contributed by atoms with E-state index in [2.05, 4.69) is 50.1 Å². The first kappa shape index (κ1) is 22.1. The number of methoxy groups -OCH3 is 1. The van der Waals surface area contributed by atoms with Crippen molar-refractivity contribution in [2.75, 3.05) is 25.5 Å². The van der Waals surface area contributed by atoms with Crippen LogP contribution < -0.4 is 10.1 Å². The van der Waals surface area contributed by atoms with Crippen molar-refractivity contribution < 1.29 is 9.53 Å². The Balaban J connectivity index is 1.27. The summed E-state index contributed by atoms with van der Waals surface area (Å²) < 4.78 is 7.61. The lowest BCUT2D eigenvalue weighted by Crippen LogP contribution is -2.38. The fraction of sp³-hybridized carbons (Fsp3) is 0.296. The number of aromatic nitrogens is 3. The zero-order chi connectivity index (χ0) is 23.3. The highest BCUT2D eigenvalue weighted by Gasteiger charge is 2.26. The topological polar surface area (TPSA) is 72.3 Å². The molecule has 5 rings (SSSR count). The first-order valence-electron chi connectivity index (χ1n) is 11.7. The number of amides is 1. The lowest BCUT2D eigenvalue weighted by Gasteiger charge is -2.31. The number of nitrogens with zero attached hydrogens (tertiary/aromatic N) is 4. The summed E-state index contributed by atoms with van der Waals surface area (Å²) in [4.78, 5) is 24.0. The number of carbonyl (C=O) groups is 1. The van der Waals surface area contributed by atoms with Gasteiger partial charge in [-0.1, -0.05) is 24.3 Å². The van der Waals surface area contributed by atoms with E-state index in [4.69, 9.17) is 9.72 Å². The van der Waals surface area contributed by atoms with E-state index in [1.807, 2.05) is 30.3 Å². The lowest BCUT2D eigenvalue weighted by molar-refractivity contribution is -0.121. The van der Waals surface area contributed by atoms with Crippen LogP contribution in [-0.2, 0) is 17.9 Å². The number of imidazole rings is 1. The molecule has 4 aromatic rings. The SMILES string of the molecule is COc1ccc(Cn2c(CN3CCC(C(=O)Nc4ccncc4)CC3)nc3ccccc32)cc1. The number of hydrogen-bond acceptors (Lipinski definition) is 5. The van der Waals surface area contributed by atoms with Gasteiger partial charge in [-0.3, -0.25) is 14.7 Å². The van der Waals surface area contributed by atoms with E-state index >= 15 is 0 Å². The first-order chi connectivity index (χ1) is 16.7. The Morgan fingerprint density at radius 1 is 1.00 bits per heavy atom. The minimum Gasteiger partial charge on any atom is -0.497 e. The van der Waals surface area contributed by atoms with Crippen LogP contribution in [0.5, 0.6) is 5.75 Å². The van der Waals surface area contributed by atoms with Crippen molar-refractivity contribution in [1.82, 2.24) is 19.4 Å². The Bertz CT molecular complexity index is 1250. The van der Waals surface area contributed by atoms with Gasteiger partial charge in [-0.25, -0.2) is 4.98 Å². The fourth-order valence-electron chi connectivity index (χ4n) is 4.57. The van der Waals surface area contributed by atoms with Crippen LogP contribution in [0.25, 0.3) is 11.0 Å². The maximum atomic E-state index is 12.7. The molecule has 7 heteroatoms. The average molecular weight is 456 g/mol. The molecule has 2 aromatic heterocycles. The highest BCUT2D eigenvalue weighted by Crippen LogP contribution is 2.24. The summed E-state index contributed by atoms with van der Waals surface area (Å²) in [7, 11) is 1.68. The quantitative estimate of drug-likeness (QED) is 0.449. The van der Waals surface area contributed by atoms with Crippen molar-refractivity contribution in [3.63, 3.8) is 0 Å². The standard InChI is InChI=1S/C27H29N5O2/c1-34-23-8-6-20(7-9-23)18-32-25-5-3-2-4-24(25)30-26(32)19-31-16-12-21(13-17-31)27(33)29-22-10-14-28-15-11-22/h2-11,14-15,21H,12-13,16-19H2,1H3,(H,28,29,33). The van der Waals surface area contributed by atoms with Crippen molar-refractivity contribution in [3.05, 3.63) is 84.4 Å². The highest BCUT2D eigenvalue weighted by atomic mass is 16.5.